The van der Waals surface area contributed by atoms with Crippen LogP contribution in [-0.4, -0.2) is 11.8 Å². The monoisotopic (exact) mass is 283 g/mol. The molecule has 0 aromatic heterocycles. The molecule has 5 heteroatoms. The number of nitrogens with one attached hydrogen (secondary N) is 3. The minimum absolute atomic E-state index is 0.139. The summed E-state index contributed by atoms with van der Waals surface area (Å²) >= 11 is 0. The van der Waals surface area contributed by atoms with Gasteiger partial charge in [-0.2, -0.15) is 0 Å². The summed E-state index contributed by atoms with van der Waals surface area (Å²) in [6, 6.07) is 14.8. The van der Waals surface area contributed by atoms with E-state index in [1.165, 1.54) is 13.8 Å². The molecule has 0 saturated heterocycles. The second-order valence-electron chi connectivity index (χ2n) is 4.58. The van der Waals surface area contributed by atoms with Gasteiger partial charge in [-0.25, -0.2) is 0 Å². The maximum absolute atomic E-state index is 11.2. The lowest BCUT2D eigenvalue weighted by atomic mass is 10.2. The summed E-state index contributed by atoms with van der Waals surface area (Å²) in [5, 5.41) is 8.75. The van der Waals surface area contributed by atoms with E-state index in [0.717, 1.165) is 11.4 Å². The molecule has 2 rings (SSSR count). The zero-order valence-electron chi connectivity index (χ0n) is 11.9. The molecule has 0 aliphatic rings. The van der Waals surface area contributed by atoms with Crippen molar-refractivity contribution in [3.63, 3.8) is 0 Å². The molecule has 108 valence electrons. The summed E-state index contributed by atoms with van der Waals surface area (Å²) in [7, 11) is 0. The Kier molecular flexibility index (Phi) is 4.56. The average molecular weight is 283 g/mol. The molecule has 0 bridgehead atoms. The fraction of sp³-hybridized carbons (Fsp3) is 0.125. The van der Waals surface area contributed by atoms with E-state index in [1.807, 2.05) is 48.5 Å². The van der Waals surface area contributed by atoms with E-state index in [-0.39, 0.29) is 11.8 Å². The Morgan fingerprint density at radius 2 is 1.00 bits per heavy atom. The van der Waals surface area contributed by atoms with E-state index < -0.39 is 0 Å². The quantitative estimate of drug-likeness (QED) is 0.806. The van der Waals surface area contributed by atoms with Gasteiger partial charge in [0.25, 0.3) is 0 Å². The Bertz CT molecular complexity index is 611. The molecule has 0 atom stereocenters. The molecule has 2 aromatic carbocycles. The number of para-hydroxylation sites is 4. The van der Waals surface area contributed by atoms with Crippen molar-refractivity contribution in [1.29, 1.82) is 0 Å². The second-order valence-corrected chi connectivity index (χ2v) is 4.58. The lowest BCUT2D eigenvalue weighted by Crippen LogP contribution is -2.10. The Morgan fingerprint density at radius 1 is 0.667 bits per heavy atom. The number of amides is 2. The van der Waals surface area contributed by atoms with E-state index in [2.05, 4.69) is 16.0 Å². The minimum Gasteiger partial charge on any atom is -0.352 e. The molecule has 2 aromatic rings. The molecule has 0 aliphatic heterocycles. The number of anilines is 4. The Hall–Kier alpha value is -2.82. The first-order valence-electron chi connectivity index (χ1n) is 6.56. The van der Waals surface area contributed by atoms with Crippen LogP contribution in [0.25, 0.3) is 0 Å². The van der Waals surface area contributed by atoms with Gasteiger partial charge in [-0.05, 0) is 24.3 Å². The molecule has 5 nitrogen and oxygen atoms in total. The number of carbonyl (C=O) groups is 2. The van der Waals surface area contributed by atoms with Crippen LogP contribution >= 0.6 is 0 Å². The zero-order valence-corrected chi connectivity index (χ0v) is 11.9. The fourth-order valence-corrected chi connectivity index (χ4v) is 1.93. The van der Waals surface area contributed by atoms with E-state index in [1.54, 1.807) is 0 Å². The maximum atomic E-state index is 11.2. The first kappa shape index (κ1) is 14.6. The smallest absolute Gasteiger partial charge is 0.221 e. The van der Waals surface area contributed by atoms with Gasteiger partial charge >= 0.3 is 0 Å². The van der Waals surface area contributed by atoms with Gasteiger partial charge in [0.2, 0.25) is 11.8 Å². The summed E-state index contributed by atoms with van der Waals surface area (Å²) < 4.78 is 0. The van der Waals surface area contributed by atoms with Crippen molar-refractivity contribution in [3.8, 4) is 0 Å². The summed E-state index contributed by atoms with van der Waals surface area (Å²) in [6.45, 7) is 2.92. The topological polar surface area (TPSA) is 70.2 Å². The highest BCUT2D eigenvalue weighted by Crippen LogP contribution is 2.29. The molecule has 0 fully saturated rings. The van der Waals surface area contributed by atoms with Gasteiger partial charge in [-0.15, -0.1) is 0 Å². The lowest BCUT2D eigenvalue weighted by molar-refractivity contribution is -0.115. The second kappa shape index (κ2) is 6.56. The third-order valence-electron chi connectivity index (χ3n) is 2.74. The third-order valence-corrected chi connectivity index (χ3v) is 2.74. The molecular formula is C16H17N3O2. The van der Waals surface area contributed by atoms with Gasteiger partial charge in [0, 0.05) is 13.8 Å². The summed E-state index contributed by atoms with van der Waals surface area (Å²) in [6.07, 6.45) is 0. The molecule has 0 heterocycles. The fourth-order valence-electron chi connectivity index (χ4n) is 1.93. The molecule has 0 saturated carbocycles. The first-order valence-corrected chi connectivity index (χ1v) is 6.56. The van der Waals surface area contributed by atoms with Crippen molar-refractivity contribution in [2.24, 2.45) is 0 Å². The van der Waals surface area contributed by atoms with Gasteiger partial charge in [-0.1, -0.05) is 24.3 Å². The van der Waals surface area contributed by atoms with Crippen molar-refractivity contribution in [2.75, 3.05) is 16.0 Å². The van der Waals surface area contributed by atoms with Crippen LogP contribution in [-0.2, 0) is 9.59 Å². The summed E-state index contributed by atoms with van der Waals surface area (Å²) in [5.41, 5.74) is 2.88. The van der Waals surface area contributed by atoms with Crippen molar-refractivity contribution in [3.05, 3.63) is 48.5 Å². The SMILES string of the molecule is CC(=O)Nc1ccccc1Nc1ccccc1NC(C)=O. The van der Waals surface area contributed by atoms with Crippen LogP contribution in [0.3, 0.4) is 0 Å². The van der Waals surface area contributed by atoms with E-state index in [0.29, 0.717) is 11.4 Å². The lowest BCUT2D eigenvalue weighted by Gasteiger charge is -2.15. The van der Waals surface area contributed by atoms with Crippen molar-refractivity contribution >= 4 is 34.6 Å². The first-order chi connectivity index (χ1) is 10.1. The maximum Gasteiger partial charge on any atom is 0.221 e. The highest BCUT2D eigenvalue weighted by molar-refractivity contribution is 5.96. The van der Waals surface area contributed by atoms with Crippen LogP contribution < -0.4 is 16.0 Å². The van der Waals surface area contributed by atoms with Gasteiger partial charge in [0.15, 0.2) is 0 Å². The highest BCUT2D eigenvalue weighted by Gasteiger charge is 2.07. The molecular weight excluding hydrogens is 266 g/mol. The number of benzene rings is 2. The molecule has 0 aliphatic carbocycles. The van der Waals surface area contributed by atoms with Gasteiger partial charge < -0.3 is 16.0 Å². The molecule has 0 radical (unpaired) electrons. The normalized spacial score (nSPS) is 9.81. The zero-order chi connectivity index (χ0) is 15.2. The van der Waals surface area contributed by atoms with Crippen LogP contribution in [0.2, 0.25) is 0 Å². The molecule has 2 amide bonds. The van der Waals surface area contributed by atoms with Crippen LogP contribution in [0.1, 0.15) is 13.8 Å². The van der Waals surface area contributed by atoms with Crippen LogP contribution in [0.5, 0.6) is 0 Å². The predicted molar refractivity (Wildman–Crippen MR) is 84.8 cm³/mol. The largest absolute Gasteiger partial charge is 0.352 e. The van der Waals surface area contributed by atoms with E-state index in [9.17, 15) is 9.59 Å². The Labute approximate surface area is 123 Å². The summed E-state index contributed by atoms with van der Waals surface area (Å²) in [5.74, 6) is -0.279. The molecule has 21 heavy (non-hydrogen) atoms. The molecule has 3 N–H and O–H groups in total. The number of hydrogen-bond donors (Lipinski definition) is 3. The molecule has 0 unspecified atom stereocenters. The average Bonchev–Trinajstić information content (AvgIpc) is 2.42. The van der Waals surface area contributed by atoms with Crippen molar-refractivity contribution < 1.29 is 9.59 Å². The summed E-state index contributed by atoms with van der Waals surface area (Å²) in [4.78, 5) is 22.5. The van der Waals surface area contributed by atoms with Gasteiger partial charge in [0.1, 0.15) is 0 Å². The van der Waals surface area contributed by atoms with Crippen molar-refractivity contribution in [1.82, 2.24) is 0 Å². The number of carbonyl (C=O) groups excluding carboxylic acids is 2. The minimum atomic E-state index is -0.139. The molecule has 0 spiro atoms. The van der Waals surface area contributed by atoms with E-state index >= 15 is 0 Å². The van der Waals surface area contributed by atoms with Crippen LogP contribution in [0.15, 0.2) is 48.5 Å². The van der Waals surface area contributed by atoms with Gasteiger partial charge in [0.05, 0.1) is 22.7 Å². The van der Waals surface area contributed by atoms with Crippen molar-refractivity contribution in [2.45, 2.75) is 13.8 Å². The van der Waals surface area contributed by atoms with Crippen LogP contribution in [0.4, 0.5) is 22.7 Å². The third kappa shape index (κ3) is 4.07. The number of rotatable bonds is 4. The highest BCUT2D eigenvalue weighted by atomic mass is 16.2. The van der Waals surface area contributed by atoms with Gasteiger partial charge in [-0.3, -0.25) is 9.59 Å². The Morgan fingerprint density at radius 3 is 1.33 bits per heavy atom. The van der Waals surface area contributed by atoms with Crippen LogP contribution in [0, 0.1) is 0 Å². The Balaban J connectivity index is 2.30. The van der Waals surface area contributed by atoms with E-state index in [4.69, 9.17) is 0 Å². The number of hydrogen-bond acceptors (Lipinski definition) is 3. The predicted octanol–water partition coefficient (Wildman–Crippen LogP) is 3.35. The standard InChI is InChI=1S/C16H17N3O2/c1-11(20)17-13-7-3-5-9-15(13)19-16-10-6-4-8-14(16)18-12(2)21/h3-10,19H,1-2H3,(H,17,20)(H,18,21).